The van der Waals surface area contributed by atoms with Crippen LogP contribution in [-0.4, -0.2) is 35.6 Å². The molecule has 7 heteroatoms. The van der Waals surface area contributed by atoms with Crippen LogP contribution >= 0.6 is 0 Å². The lowest BCUT2D eigenvalue weighted by Crippen LogP contribution is -2.49. The Kier molecular flexibility index (Phi) is 3.39. The number of aromatic nitrogens is 1. The summed E-state index contributed by atoms with van der Waals surface area (Å²) < 4.78 is 0. The second kappa shape index (κ2) is 4.98. The first kappa shape index (κ1) is 12.3. The summed E-state index contributed by atoms with van der Waals surface area (Å²) in [4.78, 5) is 16.2. The van der Waals surface area contributed by atoms with Crippen LogP contribution in [0, 0.1) is 21.4 Å². The molecule has 0 aromatic carbocycles. The number of nitrogens with one attached hydrogen (secondary N) is 1. The van der Waals surface area contributed by atoms with E-state index in [4.69, 9.17) is 5.26 Å². The highest BCUT2D eigenvalue weighted by molar-refractivity contribution is 5.51. The second-order valence-electron chi connectivity index (χ2n) is 4.21. The molecule has 0 amide bonds. The topological polar surface area (TPSA) is 95.1 Å². The van der Waals surface area contributed by atoms with Crippen molar-refractivity contribution >= 4 is 11.5 Å². The molecule has 0 radical (unpaired) electrons. The second-order valence-corrected chi connectivity index (χ2v) is 4.21. The third-order valence-corrected chi connectivity index (χ3v) is 2.85. The van der Waals surface area contributed by atoms with Crippen molar-refractivity contribution in [3.63, 3.8) is 0 Å². The molecule has 1 unspecified atom stereocenters. The summed E-state index contributed by atoms with van der Waals surface area (Å²) in [7, 11) is 0. The van der Waals surface area contributed by atoms with Gasteiger partial charge in [-0.15, -0.1) is 0 Å². The van der Waals surface area contributed by atoms with Crippen LogP contribution in [0.4, 0.5) is 11.5 Å². The van der Waals surface area contributed by atoms with E-state index < -0.39 is 4.92 Å². The third kappa shape index (κ3) is 2.38. The molecule has 94 valence electrons. The fraction of sp³-hybridized carbons (Fsp3) is 0.455. The smallest absolute Gasteiger partial charge is 0.305 e. The van der Waals surface area contributed by atoms with Crippen LogP contribution in [0.2, 0.25) is 0 Å². The number of piperazine rings is 1. The summed E-state index contributed by atoms with van der Waals surface area (Å²) in [5.41, 5.74) is -0.381. The van der Waals surface area contributed by atoms with Gasteiger partial charge < -0.3 is 10.2 Å². The van der Waals surface area contributed by atoms with Crippen LogP contribution in [0.3, 0.4) is 0 Å². The summed E-state index contributed by atoms with van der Waals surface area (Å²) in [6.45, 7) is 4.44. The lowest BCUT2D eigenvalue weighted by atomic mass is 10.2. The van der Waals surface area contributed by atoms with E-state index in [2.05, 4.69) is 17.2 Å². The lowest BCUT2D eigenvalue weighted by molar-refractivity contribution is -0.385. The zero-order chi connectivity index (χ0) is 13.1. The zero-order valence-corrected chi connectivity index (χ0v) is 9.96. The minimum atomic E-state index is -0.588. The monoisotopic (exact) mass is 247 g/mol. The molecule has 18 heavy (non-hydrogen) atoms. The average Bonchev–Trinajstić information content (AvgIpc) is 2.37. The van der Waals surface area contributed by atoms with Gasteiger partial charge in [0.1, 0.15) is 11.9 Å². The third-order valence-electron chi connectivity index (χ3n) is 2.85. The molecule has 2 rings (SSSR count). The number of pyridine rings is 1. The van der Waals surface area contributed by atoms with Crippen LogP contribution in [0.5, 0.6) is 0 Å². The van der Waals surface area contributed by atoms with Crippen LogP contribution in [0.25, 0.3) is 0 Å². The Morgan fingerprint density at radius 1 is 1.67 bits per heavy atom. The van der Waals surface area contributed by atoms with Crippen molar-refractivity contribution in [3.8, 4) is 6.07 Å². The van der Waals surface area contributed by atoms with E-state index in [9.17, 15) is 10.1 Å². The number of anilines is 1. The Labute approximate surface area is 104 Å². The summed E-state index contributed by atoms with van der Waals surface area (Å²) in [6, 6.07) is 5.04. The predicted molar refractivity (Wildman–Crippen MR) is 65.3 cm³/mol. The van der Waals surface area contributed by atoms with E-state index in [0.29, 0.717) is 11.9 Å². The summed E-state index contributed by atoms with van der Waals surface area (Å²) in [5.74, 6) is 0.616. The van der Waals surface area contributed by atoms with Crippen LogP contribution in [0.15, 0.2) is 12.1 Å². The Balaban J connectivity index is 2.30. The first-order valence-corrected chi connectivity index (χ1v) is 5.65. The maximum atomic E-state index is 10.7. The molecule has 1 atom stereocenters. The molecular formula is C11H13N5O2. The van der Waals surface area contributed by atoms with Gasteiger partial charge in [-0.25, -0.2) is 4.98 Å². The minimum Gasteiger partial charge on any atom is -0.354 e. The fourth-order valence-corrected chi connectivity index (χ4v) is 1.99. The lowest BCUT2D eigenvalue weighted by Gasteiger charge is -2.32. The predicted octanol–water partition coefficient (Wildman–Crippen LogP) is 0.660. The molecule has 7 nitrogen and oxygen atoms in total. The minimum absolute atomic E-state index is 0.135. The van der Waals surface area contributed by atoms with Gasteiger partial charge in [0.15, 0.2) is 0 Å². The number of nitriles is 1. The van der Waals surface area contributed by atoms with E-state index in [1.165, 1.54) is 6.07 Å². The standard InChI is InChI=1S/C11H13N5O2/c1-8-7-15(5-4-13-8)11-3-2-10(16(17)18)9(6-12)14-11/h2-3,8,13H,4-5,7H2,1H3. The van der Waals surface area contributed by atoms with E-state index in [1.54, 1.807) is 12.1 Å². The Morgan fingerprint density at radius 3 is 3.06 bits per heavy atom. The van der Waals surface area contributed by atoms with E-state index in [-0.39, 0.29) is 11.4 Å². The molecule has 0 saturated carbocycles. The average molecular weight is 247 g/mol. The maximum Gasteiger partial charge on any atom is 0.305 e. The van der Waals surface area contributed by atoms with Crippen LogP contribution in [0.1, 0.15) is 12.6 Å². The van der Waals surface area contributed by atoms with Crippen molar-refractivity contribution in [2.45, 2.75) is 13.0 Å². The van der Waals surface area contributed by atoms with Crippen molar-refractivity contribution in [2.75, 3.05) is 24.5 Å². The SMILES string of the molecule is CC1CN(c2ccc([N+](=O)[O-])c(C#N)n2)CCN1. The largest absolute Gasteiger partial charge is 0.354 e. The van der Waals surface area contributed by atoms with Crippen molar-refractivity contribution in [3.05, 3.63) is 27.9 Å². The van der Waals surface area contributed by atoms with Crippen molar-refractivity contribution in [1.29, 1.82) is 5.26 Å². The molecule has 1 aliphatic rings. The highest BCUT2D eigenvalue weighted by Gasteiger charge is 2.21. The number of hydrogen-bond acceptors (Lipinski definition) is 6. The fourth-order valence-electron chi connectivity index (χ4n) is 1.99. The van der Waals surface area contributed by atoms with Gasteiger partial charge >= 0.3 is 5.69 Å². The molecule has 1 aromatic heterocycles. The molecule has 1 fully saturated rings. The van der Waals surface area contributed by atoms with Gasteiger partial charge in [0, 0.05) is 31.7 Å². The molecule has 1 saturated heterocycles. The molecule has 1 aliphatic heterocycles. The Bertz CT molecular complexity index is 511. The molecule has 1 aromatic rings. The van der Waals surface area contributed by atoms with E-state index in [1.807, 2.05) is 4.90 Å². The van der Waals surface area contributed by atoms with Gasteiger partial charge in [0.25, 0.3) is 0 Å². The van der Waals surface area contributed by atoms with Gasteiger partial charge in [0.2, 0.25) is 5.69 Å². The van der Waals surface area contributed by atoms with Gasteiger partial charge in [-0.3, -0.25) is 10.1 Å². The highest BCUT2D eigenvalue weighted by Crippen LogP contribution is 2.21. The van der Waals surface area contributed by atoms with Crippen molar-refractivity contribution in [1.82, 2.24) is 10.3 Å². The molecule has 1 N–H and O–H groups in total. The summed E-state index contributed by atoms with van der Waals surface area (Å²) >= 11 is 0. The van der Waals surface area contributed by atoms with Gasteiger partial charge in [-0.1, -0.05) is 0 Å². The summed E-state index contributed by atoms with van der Waals surface area (Å²) in [6.07, 6.45) is 0. The summed E-state index contributed by atoms with van der Waals surface area (Å²) in [5, 5.41) is 22.9. The molecule has 0 aliphatic carbocycles. The van der Waals surface area contributed by atoms with Gasteiger partial charge in [-0.2, -0.15) is 5.26 Å². The first-order valence-electron chi connectivity index (χ1n) is 5.65. The Morgan fingerprint density at radius 2 is 2.44 bits per heavy atom. The number of nitrogens with zero attached hydrogens (tertiary/aromatic N) is 4. The Hall–Kier alpha value is -2.20. The zero-order valence-electron chi connectivity index (χ0n) is 9.96. The van der Waals surface area contributed by atoms with E-state index >= 15 is 0 Å². The maximum absolute atomic E-state index is 10.7. The van der Waals surface area contributed by atoms with Gasteiger partial charge in [-0.05, 0) is 13.0 Å². The normalized spacial score (nSPS) is 19.3. The molecule has 0 spiro atoms. The number of nitro groups is 1. The highest BCUT2D eigenvalue weighted by atomic mass is 16.6. The molecule has 2 heterocycles. The first-order chi connectivity index (χ1) is 8.61. The molecular weight excluding hydrogens is 234 g/mol. The number of hydrogen-bond donors (Lipinski definition) is 1. The molecule has 0 bridgehead atoms. The van der Waals surface area contributed by atoms with Crippen LogP contribution in [-0.2, 0) is 0 Å². The van der Waals surface area contributed by atoms with Crippen molar-refractivity contribution < 1.29 is 4.92 Å². The number of rotatable bonds is 2. The van der Waals surface area contributed by atoms with E-state index in [0.717, 1.165) is 19.6 Å². The van der Waals surface area contributed by atoms with Gasteiger partial charge in [0.05, 0.1) is 4.92 Å². The van der Waals surface area contributed by atoms with Crippen LogP contribution < -0.4 is 10.2 Å². The van der Waals surface area contributed by atoms with Crippen molar-refractivity contribution in [2.24, 2.45) is 0 Å². The quantitative estimate of drug-likeness (QED) is 0.609.